The average Bonchev–Trinajstić information content (AvgIpc) is 3.26. The van der Waals surface area contributed by atoms with Crippen LogP contribution in [-0.4, -0.2) is 38.6 Å². The zero-order chi connectivity index (χ0) is 23.1. The molecule has 2 aliphatic heterocycles. The molecule has 2 aromatic heterocycles. The minimum Gasteiger partial charge on any atom is -0.457 e. The van der Waals surface area contributed by atoms with Crippen LogP contribution in [-0.2, 0) is 13.3 Å². The molecule has 3 N–H and O–H groups in total. The summed E-state index contributed by atoms with van der Waals surface area (Å²) in [6, 6.07) is 20.6. The minimum atomic E-state index is -0.109. The molecule has 7 heteroatoms. The van der Waals surface area contributed by atoms with E-state index in [0.29, 0.717) is 23.3 Å². The fourth-order valence-corrected chi connectivity index (χ4v) is 4.91. The Hall–Kier alpha value is -3.68. The van der Waals surface area contributed by atoms with Gasteiger partial charge in [0, 0.05) is 36.0 Å². The first-order valence-electron chi connectivity index (χ1n) is 11.8. The molecule has 0 saturated carbocycles. The molecular formula is C27H27N5O2. The van der Waals surface area contributed by atoms with Crippen molar-refractivity contribution in [2.24, 2.45) is 5.73 Å². The topological polar surface area (TPSA) is 89.2 Å². The third kappa shape index (κ3) is 3.73. The van der Waals surface area contributed by atoms with Crippen LogP contribution < -0.4 is 15.9 Å². The van der Waals surface area contributed by atoms with E-state index in [1.54, 1.807) is 6.20 Å². The number of H-pyrrole nitrogens is 1. The number of rotatable bonds is 4. The van der Waals surface area contributed by atoms with Crippen molar-refractivity contribution in [2.45, 2.75) is 32.2 Å². The van der Waals surface area contributed by atoms with Gasteiger partial charge in [-0.2, -0.15) is 0 Å². The highest BCUT2D eigenvalue weighted by Gasteiger charge is 2.28. The van der Waals surface area contributed by atoms with Gasteiger partial charge in [-0.05, 0) is 31.5 Å². The summed E-state index contributed by atoms with van der Waals surface area (Å²) in [6.45, 7) is 3.30. The smallest absolute Gasteiger partial charge is 0.207 e. The van der Waals surface area contributed by atoms with Gasteiger partial charge in [-0.3, -0.25) is 14.3 Å². The maximum absolute atomic E-state index is 12.7. The molecule has 0 unspecified atom stereocenters. The van der Waals surface area contributed by atoms with Crippen LogP contribution in [0.5, 0.6) is 5.88 Å². The van der Waals surface area contributed by atoms with E-state index in [1.165, 1.54) is 11.6 Å². The summed E-state index contributed by atoms with van der Waals surface area (Å²) in [5.41, 5.74) is 11.5. The molecule has 0 amide bonds. The molecule has 0 aliphatic carbocycles. The summed E-state index contributed by atoms with van der Waals surface area (Å²) in [5, 5.41) is 0. The van der Waals surface area contributed by atoms with Crippen molar-refractivity contribution in [1.29, 1.82) is 0 Å². The largest absolute Gasteiger partial charge is 0.457 e. The van der Waals surface area contributed by atoms with E-state index in [-0.39, 0.29) is 12.2 Å². The Balaban J connectivity index is 1.41. The van der Waals surface area contributed by atoms with Crippen LogP contribution in [0.4, 0.5) is 0 Å². The summed E-state index contributed by atoms with van der Waals surface area (Å²) < 4.78 is 7.90. The standard InChI is InChI=1S/C27H27N5O2/c28-21-11-14-31(15-12-21)16-18-6-8-19(9-7-18)24-25(20-4-2-1-3-5-20)32-17-34-27-23(26(32)30-24)22(33)10-13-29-27/h1-10,13,21H,11-12,14-17,28H2,(H,29,33). The number of aromatic amines is 1. The first kappa shape index (κ1) is 20.9. The number of ether oxygens (including phenoxy) is 1. The molecule has 4 heterocycles. The third-order valence-corrected chi connectivity index (χ3v) is 6.76. The van der Waals surface area contributed by atoms with E-state index in [4.69, 9.17) is 15.5 Å². The number of hydrogen-bond acceptors (Lipinski definition) is 5. The van der Waals surface area contributed by atoms with Gasteiger partial charge in [-0.25, -0.2) is 4.98 Å². The van der Waals surface area contributed by atoms with Crippen molar-refractivity contribution in [3.8, 4) is 39.8 Å². The van der Waals surface area contributed by atoms with Crippen LogP contribution >= 0.6 is 0 Å². The van der Waals surface area contributed by atoms with Crippen molar-refractivity contribution in [3.05, 3.63) is 82.6 Å². The molecule has 172 valence electrons. The number of benzene rings is 2. The van der Waals surface area contributed by atoms with Crippen molar-refractivity contribution >= 4 is 0 Å². The number of fused-ring (bicyclic) bond motifs is 3. The van der Waals surface area contributed by atoms with E-state index in [9.17, 15) is 4.79 Å². The lowest BCUT2D eigenvalue weighted by Gasteiger charge is -2.30. The van der Waals surface area contributed by atoms with Gasteiger partial charge < -0.3 is 15.5 Å². The molecule has 1 saturated heterocycles. The zero-order valence-corrected chi connectivity index (χ0v) is 18.9. The average molecular weight is 454 g/mol. The summed E-state index contributed by atoms with van der Waals surface area (Å²) in [4.78, 5) is 23.2. The third-order valence-electron chi connectivity index (χ3n) is 6.76. The lowest BCUT2D eigenvalue weighted by Crippen LogP contribution is -2.39. The fourth-order valence-electron chi connectivity index (χ4n) is 4.91. The highest BCUT2D eigenvalue weighted by molar-refractivity contribution is 5.83. The Bertz CT molecular complexity index is 1370. The van der Waals surface area contributed by atoms with E-state index < -0.39 is 0 Å². The molecule has 2 aliphatic rings. The van der Waals surface area contributed by atoms with Gasteiger partial charge in [-0.15, -0.1) is 0 Å². The Morgan fingerprint density at radius 2 is 1.76 bits per heavy atom. The lowest BCUT2D eigenvalue weighted by molar-refractivity contribution is 0.205. The van der Waals surface area contributed by atoms with Crippen LogP contribution in [0.15, 0.2) is 71.7 Å². The van der Waals surface area contributed by atoms with Gasteiger partial charge in [0.2, 0.25) is 5.88 Å². The van der Waals surface area contributed by atoms with E-state index in [0.717, 1.165) is 55.0 Å². The second-order valence-electron chi connectivity index (χ2n) is 9.06. The van der Waals surface area contributed by atoms with E-state index >= 15 is 0 Å². The number of piperidine rings is 1. The Kier molecular flexibility index (Phi) is 5.28. The highest BCUT2D eigenvalue weighted by atomic mass is 16.5. The number of likely N-dealkylation sites (tertiary alicyclic amines) is 1. The van der Waals surface area contributed by atoms with Crippen molar-refractivity contribution in [3.63, 3.8) is 0 Å². The van der Waals surface area contributed by atoms with Crippen LogP contribution in [0.1, 0.15) is 18.4 Å². The van der Waals surface area contributed by atoms with Gasteiger partial charge in [0.05, 0.1) is 11.4 Å². The molecule has 1 fully saturated rings. The molecule has 0 bridgehead atoms. The zero-order valence-electron chi connectivity index (χ0n) is 18.9. The van der Waals surface area contributed by atoms with Crippen molar-refractivity contribution < 1.29 is 4.74 Å². The van der Waals surface area contributed by atoms with Gasteiger partial charge in [0.1, 0.15) is 5.56 Å². The quantitative estimate of drug-likeness (QED) is 0.490. The number of aromatic nitrogens is 3. The highest BCUT2D eigenvalue weighted by Crippen LogP contribution is 2.39. The van der Waals surface area contributed by atoms with Crippen molar-refractivity contribution in [1.82, 2.24) is 19.4 Å². The number of pyridine rings is 1. The molecule has 6 rings (SSSR count). The fraction of sp³-hybridized carbons (Fsp3) is 0.259. The van der Waals surface area contributed by atoms with E-state index in [1.807, 2.05) is 22.8 Å². The van der Waals surface area contributed by atoms with Gasteiger partial charge in [-0.1, -0.05) is 54.6 Å². The summed E-state index contributed by atoms with van der Waals surface area (Å²) >= 11 is 0. The van der Waals surface area contributed by atoms with Gasteiger partial charge in [0.25, 0.3) is 0 Å². The molecule has 34 heavy (non-hydrogen) atoms. The predicted molar refractivity (Wildman–Crippen MR) is 132 cm³/mol. The summed E-state index contributed by atoms with van der Waals surface area (Å²) in [5.74, 6) is 1.10. The first-order chi connectivity index (χ1) is 16.7. The Morgan fingerprint density at radius 3 is 2.53 bits per heavy atom. The van der Waals surface area contributed by atoms with Gasteiger partial charge >= 0.3 is 0 Å². The summed E-state index contributed by atoms with van der Waals surface area (Å²) in [6.07, 6.45) is 3.72. The maximum atomic E-state index is 12.7. The maximum Gasteiger partial charge on any atom is 0.207 e. The summed E-state index contributed by atoms with van der Waals surface area (Å²) in [7, 11) is 0. The number of hydrogen-bond donors (Lipinski definition) is 2. The molecule has 0 atom stereocenters. The normalized spacial score (nSPS) is 16.0. The molecule has 7 nitrogen and oxygen atoms in total. The lowest BCUT2D eigenvalue weighted by atomic mass is 10.0. The van der Waals surface area contributed by atoms with Gasteiger partial charge in [0.15, 0.2) is 18.0 Å². The SMILES string of the molecule is NC1CCN(Cc2ccc(-c3nc4n(c3-c3ccccc3)COc3[nH]ccc(=O)c3-4)cc2)CC1. The van der Waals surface area contributed by atoms with Crippen LogP contribution in [0.3, 0.4) is 0 Å². The van der Waals surface area contributed by atoms with E-state index in [2.05, 4.69) is 46.3 Å². The second kappa shape index (κ2) is 8.59. The van der Waals surface area contributed by atoms with Crippen LogP contribution in [0.2, 0.25) is 0 Å². The number of nitrogens with one attached hydrogen (secondary N) is 1. The Morgan fingerprint density at radius 1 is 1.00 bits per heavy atom. The molecule has 0 spiro atoms. The molecule has 4 aromatic rings. The van der Waals surface area contributed by atoms with Crippen molar-refractivity contribution in [2.75, 3.05) is 13.1 Å². The number of imidazole rings is 1. The molecule has 2 aromatic carbocycles. The molecule has 0 radical (unpaired) electrons. The number of nitrogens with two attached hydrogens (primary N) is 1. The Labute approximate surface area is 197 Å². The van der Waals surface area contributed by atoms with Crippen LogP contribution in [0, 0.1) is 0 Å². The molecular weight excluding hydrogens is 426 g/mol. The second-order valence-corrected chi connectivity index (χ2v) is 9.06. The monoisotopic (exact) mass is 453 g/mol. The number of nitrogens with zero attached hydrogens (tertiary/aromatic N) is 3. The minimum absolute atomic E-state index is 0.109. The van der Waals surface area contributed by atoms with Crippen LogP contribution in [0.25, 0.3) is 33.9 Å². The first-order valence-corrected chi connectivity index (χ1v) is 11.8. The predicted octanol–water partition coefficient (Wildman–Crippen LogP) is 3.85.